The molecule has 4 aromatic rings. The lowest BCUT2D eigenvalue weighted by Gasteiger charge is -2.06. The average molecular weight is 493 g/mol. The average Bonchev–Trinajstić information content (AvgIpc) is 3.62. The van der Waals surface area contributed by atoms with E-state index < -0.39 is 16.7 Å². The second kappa shape index (κ2) is 10.6. The van der Waals surface area contributed by atoms with Crippen LogP contribution in [0.25, 0.3) is 0 Å². The Kier molecular flexibility index (Phi) is 7.14. The molecule has 4 rings (SSSR count). The maximum Gasteiger partial charge on any atom is 0.311 e. The second-order valence-corrected chi connectivity index (χ2v) is 7.75. The maximum atomic E-state index is 12.8. The second-order valence-electron chi connectivity index (χ2n) is 7.75. The summed E-state index contributed by atoms with van der Waals surface area (Å²) in [6, 6.07) is 11.0. The first kappa shape index (κ1) is 24.3. The summed E-state index contributed by atoms with van der Waals surface area (Å²) in [4.78, 5) is 36.2. The molecule has 12 heteroatoms. The van der Waals surface area contributed by atoms with Gasteiger partial charge in [0.05, 0.1) is 23.4 Å². The van der Waals surface area contributed by atoms with Crippen LogP contribution in [0.4, 0.5) is 11.4 Å². The van der Waals surface area contributed by atoms with Gasteiger partial charge in [0, 0.05) is 18.8 Å². The molecule has 0 aliphatic carbocycles. The quantitative estimate of drug-likeness (QED) is 0.247. The van der Waals surface area contributed by atoms with E-state index in [0.717, 1.165) is 5.56 Å². The molecule has 0 aliphatic rings. The monoisotopic (exact) mass is 493 g/mol. The van der Waals surface area contributed by atoms with Crippen molar-refractivity contribution in [2.24, 2.45) is 0 Å². The molecule has 2 amide bonds. The first-order valence-electron chi connectivity index (χ1n) is 11.0. The Bertz CT molecular complexity index is 1390. The normalized spacial score (nSPS) is 10.7. The Hall–Kier alpha value is -4.87. The summed E-state index contributed by atoms with van der Waals surface area (Å²) in [6.45, 7) is 4.12. The first-order valence-corrected chi connectivity index (χ1v) is 11.0. The number of rotatable bonds is 10. The molecule has 1 aromatic carbocycles. The number of nitrogens with zero attached hydrogens (tertiary/aromatic N) is 3. The number of carbonyl (C=O) groups excluding carboxylic acids is 2. The van der Waals surface area contributed by atoms with E-state index in [2.05, 4.69) is 15.7 Å². The number of carbonyl (C=O) groups is 2. The molecule has 2 N–H and O–H groups in total. The molecule has 12 nitrogen and oxygen atoms in total. The van der Waals surface area contributed by atoms with Gasteiger partial charge in [-0.15, -0.1) is 0 Å². The van der Waals surface area contributed by atoms with Crippen LogP contribution in [0.2, 0.25) is 0 Å². The first-order chi connectivity index (χ1) is 17.3. The van der Waals surface area contributed by atoms with E-state index >= 15 is 0 Å². The number of anilines is 1. The van der Waals surface area contributed by atoms with Crippen LogP contribution in [0, 0.1) is 17.0 Å². The van der Waals surface area contributed by atoms with Gasteiger partial charge in [0.25, 0.3) is 11.8 Å². The van der Waals surface area contributed by atoms with Crippen LogP contribution in [0.15, 0.2) is 63.8 Å². The van der Waals surface area contributed by atoms with Crippen molar-refractivity contribution < 1.29 is 28.1 Å². The van der Waals surface area contributed by atoms with Crippen LogP contribution in [0.5, 0.6) is 5.75 Å². The molecule has 0 aliphatic heterocycles. The van der Waals surface area contributed by atoms with Gasteiger partial charge in [-0.1, -0.05) is 6.07 Å². The number of benzene rings is 1. The number of aryl methyl sites for hydroxylation is 2. The smallest absolute Gasteiger partial charge is 0.311 e. The van der Waals surface area contributed by atoms with E-state index in [-0.39, 0.29) is 47.5 Å². The summed E-state index contributed by atoms with van der Waals surface area (Å²) in [5, 5.41) is 20.8. The highest BCUT2D eigenvalue weighted by Crippen LogP contribution is 2.28. The summed E-state index contributed by atoms with van der Waals surface area (Å²) in [7, 11) is 0. The molecule has 0 bridgehead atoms. The highest BCUT2D eigenvalue weighted by atomic mass is 16.6. The number of nitro benzene ring substituents is 1. The van der Waals surface area contributed by atoms with Crippen LogP contribution in [-0.4, -0.2) is 26.5 Å². The predicted molar refractivity (Wildman–Crippen MR) is 127 cm³/mol. The fraction of sp³-hybridized carbons (Fsp3) is 0.208. The number of ether oxygens (including phenoxy) is 1. The van der Waals surface area contributed by atoms with Crippen LogP contribution in [0.3, 0.4) is 0 Å². The molecule has 0 spiro atoms. The van der Waals surface area contributed by atoms with E-state index in [1.807, 2.05) is 6.92 Å². The zero-order valence-electron chi connectivity index (χ0n) is 19.5. The Balaban J connectivity index is 1.42. The summed E-state index contributed by atoms with van der Waals surface area (Å²) < 4.78 is 17.8. The number of furan rings is 2. The zero-order valence-corrected chi connectivity index (χ0v) is 19.5. The third-order valence-electron chi connectivity index (χ3n) is 5.12. The van der Waals surface area contributed by atoms with Crippen LogP contribution in [-0.2, 0) is 19.7 Å². The predicted octanol–water partition coefficient (Wildman–Crippen LogP) is 4.07. The molecule has 0 fully saturated rings. The largest absolute Gasteiger partial charge is 0.479 e. The van der Waals surface area contributed by atoms with Gasteiger partial charge >= 0.3 is 5.69 Å². The van der Waals surface area contributed by atoms with Crippen molar-refractivity contribution >= 4 is 23.2 Å². The zero-order chi connectivity index (χ0) is 25.7. The summed E-state index contributed by atoms with van der Waals surface area (Å²) in [5.74, 6) is -0.162. The minimum Gasteiger partial charge on any atom is -0.479 e. The van der Waals surface area contributed by atoms with Crippen molar-refractivity contribution in [3.63, 3.8) is 0 Å². The van der Waals surface area contributed by atoms with E-state index in [1.165, 1.54) is 35.2 Å². The van der Waals surface area contributed by atoms with Gasteiger partial charge in [-0.05, 0) is 49.7 Å². The summed E-state index contributed by atoms with van der Waals surface area (Å²) in [5.41, 5.74) is 0.818. The highest BCUT2D eigenvalue weighted by Gasteiger charge is 2.21. The van der Waals surface area contributed by atoms with Crippen molar-refractivity contribution in [2.75, 3.05) is 5.32 Å². The van der Waals surface area contributed by atoms with Crippen molar-refractivity contribution in [3.05, 3.63) is 93.6 Å². The number of hydrogen-bond acceptors (Lipinski definition) is 8. The van der Waals surface area contributed by atoms with Crippen LogP contribution < -0.4 is 15.4 Å². The maximum absolute atomic E-state index is 12.8. The van der Waals surface area contributed by atoms with Crippen molar-refractivity contribution in [1.82, 2.24) is 15.1 Å². The topological polar surface area (TPSA) is 155 Å². The fourth-order valence-corrected chi connectivity index (χ4v) is 3.31. The van der Waals surface area contributed by atoms with E-state index in [1.54, 1.807) is 31.3 Å². The van der Waals surface area contributed by atoms with Gasteiger partial charge in [-0.2, -0.15) is 5.10 Å². The molecule has 0 saturated heterocycles. The minimum absolute atomic E-state index is 0.0294. The molecular weight excluding hydrogens is 470 g/mol. The molecule has 36 heavy (non-hydrogen) atoms. The summed E-state index contributed by atoms with van der Waals surface area (Å²) in [6.07, 6.45) is 3.05. The lowest BCUT2D eigenvalue weighted by atomic mass is 10.2. The minimum atomic E-state index is -0.599. The molecule has 186 valence electrons. The number of nitrogens with one attached hydrogen (secondary N) is 2. The number of hydrogen-bond donors (Lipinski definition) is 2. The third kappa shape index (κ3) is 5.60. The van der Waals surface area contributed by atoms with Gasteiger partial charge in [-0.25, -0.2) is 0 Å². The Morgan fingerprint density at radius 2 is 2.00 bits per heavy atom. The third-order valence-corrected chi connectivity index (χ3v) is 5.12. The van der Waals surface area contributed by atoms with Gasteiger partial charge in [0.1, 0.15) is 18.1 Å². The lowest BCUT2D eigenvalue weighted by Crippen LogP contribution is -2.25. The van der Waals surface area contributed by atoms with E-state index in [4.69, 9.17) is 13.6 Å². The Morgan fingerprint density at radius 1 is 1.17 bits per heavy atom. The molecule has 0 unspecified atom stereocenters. The van der Waals surface area contributed by atoms with Crippen LogP contribution in [0.1, 0.15) is 45.1 Å². The number of nitro groups is 1. The van der Waals surface area contributed by atoms with Gasteiger partial charge in [0.2, 0.25) is 0 Å². The van der Waals surface area contributed by atoms with Gasteiger partial charge < -0.3 is 24.2 Å². The molecule has 3 aromatic heterocycles. The fourth-order valence-electron chi connectivity index (χ4n) is 3.31. The molecule has 3 heterocycles. The van der Waals surface area contributed by atoms with Crippen LogP contribution >= 0.6 is 0 Å². The molecule has 0 radical (unpaired) electrons. The Labute approximate surface area is 205 Å². The van der Waals surface area contributed by atoms with Crippen molar-refractivity contribution in [1.29, 1.82) is 0 Å². The van der Waals surface area contributed by atoms with Gasteiger partial charge in [0.15, 0.2) is 17.2 Å². The lowest BCUT2D eigenvalue weighted by molar-refractivity contribution is -0.386. The summed E-state index contributed by atoms with van der Waals surface area (Å²) >= 11 is 0. The standard InChI is InChI=1S/C24H23N5O7/c1-3-28-13-18(22(27-28)24(31)25-12-16-5-4-10-34-16)26-23(30)21-9-7-17(36-21)14-35-20-8-6-15(2)11-19(20)29(32)33/h4-11,13H,3,12,14H2,1-2H3,(H,25,31)(H,26,30). The molecular formula is C24H23N5O7. The molecule has 0 saturated carbocycles. The Morgan fingerprint density at radius 3 is 2.72 bits per heavy atom. The highest BCUT2D eigenvalue weighted by molar-refractivity contribution is 6.07. The van der Waals surface area contributed by atoms with Gasteiger partial charge in [-0.3, -0.25) is 24.4 Å². The van der Waals surface area contributed by atoms with E-state index in [0.29, 0.717) is 12.3 Å². The SMILES string of the molecule is CCn1cc(NC(=O)c2ccc(COc3ccc(C)cc3[N+](=O)[O-])o2)c(C(=O)NCc2ccco2)n1. The van der Waals surface area contributed by atoms with Crippen molar-refractivity contribution in [3.8, 4) is 5.75 Å². The van der Waals surface area contributed by atoms with Crippen molar-refractivity contribution in [2.45, 2.75) is 33.5 Å². The molecule has 0 atom stereocenters. The number of aromatic nitrogens is 2. The number of amides is 2. The van der Waals surface area contributed by atoms with E-state index in [9.17, 15) is 19.7 Å².